The van der Waals surface area contributed by atoms with Crippen LogP contribution in [-0.4, -0.2) is 75.2 Å². The van der Waals surface area contributed by atoms with Crippen molar-refractivity contribution >= 4 is 22.8 Å². The first-order chi connectivity index (χ1) is 22.7. The number of carbonyl (C=O) groups excluding carboxylic acids is 1. The molecule has 1 unspecified atom stereocenters. The third-order valence-corrected chi connectivity index (χ3v) is 9.42. The Balaban J connectivity index is 0.996. The molecule has 248 valence electrons. The van der Waals surface area contributed by atoms with Crippen LogP contribution in [0.3, 0.4) is 0 Å². The van der Waals surface area contributed by atoms with Crippen LogP contribution in [0.15, 0.2) is 54.6 Å². The summed E-state index contributed by atoms with van der Waals surface area (Å²) in [4.78, 5) is 25.9. The number of alkyl halides is 2. The van der Waals surface area contributed by atoms with Gasteiger partial charge in [-0.15, -0.1) is 0 Å². The summed E-state index contributed by atoms with van der Waals surface area (Å²) in [6, 6.07) is 15.9. The number of rotatable bonds is 9. The summed E-state index contributed by atoms with van der Waals surface area (Å²) in [5, 5.41) is 2.77. The van der Waals surface area contributed by atoms with E-state index in [1.165, 1.54) is 6.07 Å². The van der Waals surface area contributed by atoms with Crippen molar-refractivity contribution in [1.29, 1.82) is 0 Å². The number of pyridine rings is 1. The fourth-order valence-electron chi connectivity index (χ4n) is 6.57. The van der Waals surface area contributed by atoms with Gasteiger partial charge in [0.15, 0.2) is 0 Å². The Labute approximate surface area is 271 Å². The minimum Gasteiger partial charge on any atom is -0.473 e. The molecule has 9 nitrogen and oxygen atoms in total. The van der Waals surface area contributed by atoms with Gasteiger partial charge in [0.1, 0.15) is 18.2 Å². The van der Waals surface area contributed by atoms with E-state index in [0.717, 1.165) is 72.0 Å². The molecule has 2 aromatic heterocycles. The molecule has 0 spiro atoms. The Kier molecular flexibility index (Phi) is 8.80. The molecule has 2 aromatic carbocycles. The molecule has 1 N–H and O–H groups in total. The molecule has 4 aromatic rings. The van der Waals surface area contributed by atoms with Crippen molar-refractivity contribution < 1.29 is 27.4 Å². The van der Waals surface area contributed by atoms with Gasteiger partial charge in [-0.1, -0.05) is 18.2 Å². The van der Waals surface area contributed by atoms with Gasteiger partial charge in [-0.2, -0.15) is 0 Å². The zero-order valence-electron chi connectivity index (χ0n) is 26.4. The fraction of sp³-hybridized carbons (Fsp3) is 0.457. The van der Waals surface area contributed by atoms with Gasteiger partial charge >= 0.3 is 6.03 Å². The lowest BCUT2D eigenvalue weighted by molar-refractivity contribution is -0.0592. The normalized spacial score (nSPS) is 20.0. The number of halogens is 3. The SMILES string of the molecule is Cc1ccc(COc2cccc(C3CCN(Cc4nc5cc(NC(=O)N6CCC(F)(F)C6)ccc5n4CC4CCO4)CC3)n2)c(F)c1. The maximum absolute atomic E-state index is 14.3. The van der Waals surface area contributed by atoms with E-state index in [-0.39, 0.29) is 37.4 Å². The second kappa shape index (κ2) is 13.2. The van der Waals surface area contributed by atoms with Crippen molar-refractivity contribution in [1.82, 2.24) is 24.3 Å². The smallest absolute Gasteiger partial charge is 0.322 e. The molecule has 3 aliphatic heterocycles. The molecule has 47 heavy (non-hydrogen) atoms. The number of piperidine rings is 1. The third-order valence-electron chi connectivity index (χ3n) is 9.42. The average Bonchev–Trinajstić information content (AvgIpc) is 3.57. The van der Waals surface area contributed by atoms with Gasteiger partial charge in [-0.3, -0.25) is 4.90 Å². The van der Waals surface area contributed by atoms with Crippen molar-refractivity contribution in [2.75, 3.05) is 38.1 Å². The quantitative estimate of drug-likeness (QED) is 0.223. The zero-order valence-corrected chi connectivity index (χ0v) is 26.4. The average molecular weight is 649 g/mol. The summed E-state index contributed by atoms with van der Waals surface area (Å²) in [6.07, 6.45) is 2.68. The standard InChI is InChI=1S/C35H39F3N6O3/c1-23-5-6-25(28(36)17-23)21-47-33-4-2-3-29(41-33)24-9-13-42(14-10-24)20-32-40-30-18-26(39-34(45)43-15-12-35(37,38)22-43)7-8-31(30)44(32)19-27-11-16-46-27/h2-8,17-18,24,27H,9-16,19-22H2,1H3,(H,39,45). The van der Waals surface area contributed by atoms with Gasteiger partial charge in [0.25, 0.3) is 5.92 Å². The highest BCUT2D eigenvalue weighted by Gasteiger charge is 2.40. The molecule has 0 aliphatic carbocycles. The van der Waals surface area contributed by atoms with Crippen molar-refractivity contribution in [2.45, 2.75) is 70.2 Å². The van der Waals surface area contributed by atoms with Crippen LogP contribution in [0, 0.1) is 12.7 Å². The third kappa shape index (κ3) is 7.23. The van der Waals surface area contributed by atoms with Crippen LogP contribution in [0.4, 0.5) is 23.7 Å². The lowest BCUT2D eigenvalue weighted by Crippen LogP contribution is -2.35. The molecule has 2 amide bonds. The molecule has 0 radical (unpaired) electrons. The number of hydrogen-bond acceptors (Lipinski definition) is 6. The van der Waals surface area contributed by atoms with Crippen LogP contribution in [0.2, 0.25) is 0 Å². The Morgan fingerprint density at radius 2 is 1.89 bits per heavy atom. The summed E-state index contributed by atoms with van der Waals surface area (Å²) < 4.78 is 55.4. The van der Waals surface area contributed by atoms with E-state index in [0.29, 0.717) is 30.2 Å². The predicted octanol–water partition coefficient (Wildman–Crippen LogP) is 6.50. The van der Waals surface area contributed by atoms with Gasteiger partial charge in [0.2, 0.25) is 5.88 Å². The number of nitrogens with zero attached hydrogens (tertiary/aromatic N) is 5. The summed E-state index contributed by atoms with van der Waals surface area (Å²) >= 11 is 0. The second-order valence-corrected chi connectivity index (χ2v) is 12.9. The number of ether oxygens (including phenoxy) is 2. The van der Waals surface area contributed by atoms with Crippen LogP contribution in [0.1, 0.15) is 54.2 Å². The topological polar surface area (TPSA) is 84.8 Å². The summed E-state index contributed by atoms with van der Waals surface area (Å²) in [5.74, 6) is -1.41. The zero-order chi connectivity index (χ0) is 32.5. The van der Waals surface area contributed by atoms with Crippen LogP contribution in [-0.2, 0) is 24.4 Å². The lowest BCUT2D eigenvalue weighted by atomic mass is 9.93. The first kappa shape index (κ1) is 31.4. The Bertz CT molecular complexity index is 1750. The predicted molar refractivity (Wildman–Crippen MR) is 171 cm³/mol. The second-order valence-electron chi connectivity index (χ2n) is 12.9. The Hall–Kier alpha value is -4.16. The van der Waals surface area contributed by atoms with Crippen molar-refractivity contribution in [3.8, 4) is 5.88 Å². The number of urea groups is 1. The fourth-order valence-corrected chi connectivity index (χ4v) is 6.57. The highest BCUT2D eigenvalue weighted by Crippen LogP contribution is 2.31. The first-order valence-electron chi connectivity index (χ1n) is 16.3. The van der Waals surface area contributed by atoms with Gasteiger partial charge in [-0.05, 0) is 75.2 Å². The minimum absolute atomic E-state index is 0.0302. The molecule has 0 saturated carbocycles. The van der Waals surface area contributed by atoms with E-state index in [2.05, 4.69) is 14.8 Å². The number of hydrogen-bond donors (Lipinski definition) is 1. The number of fused-ring (bicyclic) bond motifs is 1. The van der Waals surface area contributed by atoms with E-state index < -0.39 is 18.5 Å². The molecule has 3 aliphatic rings. The van der Waals surface area contributed by atoms with E-state index in [4.69, 9.17) is 19.4 Å². The number of nitrogens with one attached hydrogen (secondary N) is 1. The minimum atomic E-state index is -2.84. The van der Waals surface area contributed by atoms with Gasteiger partial charge in [-0.25, -0.2) is 27.9 Å². The number of amides is 2. The summed E-state index contributed by atoms with van der Waals surface area (Å²) in [7, 11) is 0. The Morgan fingerprint density at radius 3 is 2.62 bits per heavy atom. The molecule has 3 saturated heterocycles. The molecule has 3 fully saturated rings. The van der Waals surface area contributed by atoms with Crippen molar-refractivity contribution in [2.24, 2.45) is 0 Å². The number of likely N-dealkylation sites (tertiary alicyclic amines) is 2. The maximum atomic E-state index is 14.3. The number of anilines is 1. The van der Waals surface area contributed by atoms with Crippen LogP contribution < -0.4 is 10.1 Å². The largest absolute Gasteiger partial charge is 0.473 e. The highest BCUT2D eigenvalue weighted by molar-refractivity contribution is 5.92. The van der Waals surface area contributed by atoms with Crippen LogP contribution in [0.5, 0.6) is 5.88 Å². The molecule has 1 atom stereocenters. The number of aromatic nitrogens is 3. The molecule has 12 heteroatoms. The van der Waals surface area contributed by atoms with E-state index in [1.54, 1.807) is 12.1 Å². The van der Waals surface area contributed by atoms with Crippen molar-refractivity contribution in [3.05, 3.63) is 83.1 Å². The first-order valence-corrected chi connectivity index (χ1v) is 16.3. The number of carbonyl (C=O) groups is 1. The van der Waals surface area contributed by atoms with E-state index in [9.17, 15) is 18.0 Å². The summed E-state index contributed by atoms with van der Waals surface area (Å²) in [5.41, 5.74) is 4.56. The number of benzene rings is 2. The van der Waals surface area contributed by atoms with Gasteiger partial charge < -0.3 is 24.3 Å². The monoisotopic (exact) mass is 648 g/mol. The van der Waals surface area contributed by atoms with Crippen LogP contribution in [0.25, 0.3) is 11.0 Å². The maximum Gasteiger partial charge on any atom is 0.322 e. The molecule has 7 rings (SSSR count). The molecular formula is C35H39F3N6O3. The number of aryl methyl sites for hydroxylation is 1. The molecule has 5 heterocycles. The molecular weight excluding hydrogens is 609 g/mol. The molecule has 0 bridgehead atoms. The van der Waals surface area contributed by atoms with Crippen molar-refractivity contribution in [3.63, 3.8) is 0 Å². The van der Waals surface area contributed by atoms with E-state index in [1.807, 2.05) is 43.3 Å². The van der Waals surface area contributed by atoms with Crippen LogP contribution >= 0.6 is 0 Å². The highest BCUT2D eigenvalue weighted by atomic mass is 19.3. The summed E-state index contributed by atoms with van der Waals surface area (Å²) in [6.45, 7) is 5.31. The lowest BCUT2D eigenvalue weighted by Gasteiger charge is -2.32. The van der Waals surface area contributed by atoms with E-state index >= 15 is 0 Å². The Morgan fingerprint density at radius 1 is 1.06 bits per heavy atom. The van der Waals surface area contributed by atoms with Gasteiger partial charge in [0, 0.05) is 48.5 Å². The number of imidazole rings is 1. The van der Waals surface area contributed by atoms with Gasteiger partial charge in [0.05, 0.1) is 36.8 Å².